The molecule has 3 aliphatic heterocycles. The van der Waals surface area contributed by atoms with E-state index in [4.69, 9.17) is 39.0 Å². The lowest BCUT2D eigenvalue weighted by Crippen LogP contribution is -2.59. The molecule has 430 valence electrons. The van der Waals surface area contributed by atoms with Gasteiger partial charge in [-0.05, 0) is 118 Å². The van der Waals surface area contributed by atoms with E-state index in [0.717, 1.165) is 36.1 Å². The maximum Gasteiger partial charge on any atom is 0.311 e. The number of rotatable bonds is 18. The molecule has 3 saturated heterocycles. The smallest absolute Gasteiger partial charge is 0.311 e. The standard InChI is InChI=1S/C56H96FN5O12S/c1-15-46-56(10,66)51(63)39(7)62(12)33-34(2)28-55(9,65)52(37(5)49(38(6)53(64)72-46)73-48-30-54(8,69-14)29-36(4)71-48)74-47-27-42(26-35(3)70-47)61(11)25-24-41(60-58)32-59-45(31-57)50(68-13)40-20-22-44(23-21-40)75(67)43-18-16-17-19-43/h20-23,32,34-39,42-43,45-52,63,65-66H,15-19,24-31,33,58H2,1-14H3/t34-,35-,36+,37+,38-,39-,42+,45-,46-,47+,48?,49+,50-,51-,52-,54+,55-,56-,75?/m1/s1. The number of nitrogens with zero attached hydrogens (tertiary/aromatic N) is 4. The molecule has 5 N–H and O–H groups in total. The number of aliphatic imine (C=N–C) groups is 1. The number of methoxy groups -OCH3 is 2. The lowest BCUT2D eigenvalue weighted by molar-refractivity contribution is -0.292. The van der Waals surface area contributed by atoms with Gasteiger partial charge in [0.25, 0.3) is 0 Å². The van der Waals surface area contributed by atoms with Gasteiger partial charge in [-0.2, -0.15) is 5.10 Å². The number of hydrogen-bond acceptors (Lipinski definition) is 17. The molecule has 2 unspecified atom stereocenters. The van der Waals surface area contributed by atoms with Gasteiger partial charge >= 0.3 is 5.97 Å². The van der Waals surface area contributed by atoms with Crippen LogP contribution in [0.5, 0.6) is 0 Å². The van der Waals surface area contributed by atoms with Crippen molar-refractivity contribution in [3.8, 4) is 0 Å². The van der Waals surface area contributed by atoms with Gasteiger partial charge in [0, 0.05) is 87.4 Å². The molecular weight excluding hydrogens is 986 g/mol. The Morgan fingerprint density at radius 2 is 1.64 bits per heavy atom. The van der Waals surface area contributed by atoms with E-state index in [1.165, 1.54) is 20.2 Å². The first-order valence-corrected chi connectivity index (χ1v) is 28.8. The monoisotopic (exact) mass is 1080 g/mol. The highest BCUT2D eigenvalue weighted by Gasteiger charge is 2.51. The number of hydrazone groups is 1. The molecule has 0 spiro atoms. The zero-order valence-corrected chi connectivity index (χ0v) is 48.5. The summed E-state index contributed by atoms with van der Waals surface area (Å²) < 4.78 is 72.6. The summed E-state index contributed by atoms with van der Waals surface area (Å²) in [6.07, 6.45) is 1.76. The second-order valence-electron chi connectivity index (χ2n) is 23.4. The van der Waals surface area contributed by atoms with Gasteiger partial charge in [0.2, 0.25) is 0 Å². The summed E-state index contributed by atoms with van der Waals surface area (Å²) in [6, 6.07) is 5.92. The zero-order valence-electron chi connectivity index (χ0n) is 47.7. The van der Waals surface area contributed by atoms with Crippen LogP contribution in [-0.4, -0.2) is 185 Å². The van der Waals surface area contributed by atoms with E-state index in [1.54, 1.807) is 27.9 Å². The number of aliphatic hydroxyl groups is 3. The summed E-state index contributed by atoms with van der Waals surface area (Å²) in [7, 11) is 5.97. The fraction of sp³-hybridized carbons (Fsp3) is 0.839. The third-order valence-corrected chi connectivity index (χ3v) is 18.7. The van der Waals surface area contributed by atoms with Crippen molar-refractivity contribution in [1.29, 1.82) is 0 Å². The fourth-order valence-electron chi connectivity index (χ4n) is 12.3. The molecular formula is C56H96FN5O12S. The molecule has 1 aromatic rings. The van der Waals surface area contributed by atoms with Gasteiger partial charge in [-0.3, -0.25) is 14.0 Å². The van der Waals surface area contributed by atoms with Crippen LogP contribution in [0.15, 0.2) is 39.3 Å². The molecule has 0 aromatic heterocycles. The first-order valence-electron chi connectivity index (χ1n) is 27.6. The molecule has 0 amide bonds. The highest BCUT2D eigenvalue weighted by Crippen LogP contribution is 2.40. The van der Waals surface area contributed by atoms with Crippen molar-refractivity contribution in [2.24, 2.45) is 33.7 Å². The molecule has 1 aliphatic carbocycles. The maximum absolute atomic E-state index is 14.7. The highest BCUT2D eigenvalue weighted by atomic mass is 32.2. The predicted octanol–water partition coefficient (Wildman–Crippen LogP) is 6.88. The van der Waals surface area contributed by atoms with Crippen molar-refractivity contribution in [1.82, 2.24) is 9.80 Å². The minimum absolute atomic E-state index is 0.0382. The van der Waals surface area contributed by atoms with Crippen molar-refractivity contribution in [2.75, 3.05) is 48.1 Å². The first kappa shape index (κ1) is 63.3. The zero-order chi connectivity index (χ0) is 55.6. The fourth-order valence-corrected chi connectivity index (χ4v) is 13.8. The molecule has 0 bridgehead atoms. The van der Waals surface area contributed by atoms with E-state index in [-0.39, 0.29) is 42.3 Å². The van der Waals surface area contributed by atoms with Crippen LogP contribution in [0, 0.1) is 17.8 Å². The van der Waals surface area contributed by atoms with Gasteiger partial charge in [0.1, 0.15) is 36.6 Å². The summed E-state index contributed by atoms with van der Waals surface area (Å²) in [5.41, 5.74) is -2.67. The van der Waals surface area contributed by atoms with Crippen LogP contribution in [0.1, 0.15) is 152 Å². The molecule has 3 heterocycles. The van der Waals surface area contributed by atoms with Crippen LogP contribution >= 0.6 is 0 Å². The normalized spacial score (nSPS) is 39.0. The minimum Gasteiger partial charge on any atom is -0.459 e. The van der Waals surface area contributed by atoms with Crippen LogP contribution in [-0.2, 0) is 48.8 Å². The molecule has 5 rings (SSSR count). The van der Waals surface area contributed by atoms with Crippen LogP contribution in [0.3, 0.4) is 0 Å². The first-order chi connectivity index (χ1) is 35.3. The van der Waals surface area contributed by atoms with Gasteiger partial charge in [0.05, 0.1) is 58.0 Å². The Balaban J connectivity index is 1.37. The number of cyclic esters (lactones) is 1. The van der Waals surface area contributed by atoms with Gasteiger partial charge < -0.3 is 64.1 Å². The number of ether oxygens (including phenoxy) is 7. The Bertz CT molecular complexity index is 2010. The van der Waals surface area contributed by atoms with Crippen molar-refractivity contribution >= 4 is 28.7 Å². The summed E-state index contributed by atoms with van der Waals surface area (Å²) in [4.78, 5) is 24.0. The number of likely N-dealkylation sites (N-methyl/N-ethyl adjacent to an activating group) is 1. The number of carbonyl (C=O) groups is 1. The van der Waals surface area contributed by atoms with Crippen LogP contribution < -0.4 is 5.84 Å². The lowest BCUT2D eigenvalue weighted by Gasteiger charge is -2.47. The van der Waals surface area contributed by atoms with E-state index < -0.39 is 107 Å². The molecule has 19 atom stereocenters. The Morgan fingerprint density at radius 3 is 2.24 bits per heavy atom. The van der Waals surface area contributed by atoms with Gasteiger partial charge in [0.15, 0.2) is 12.6 Å². The van der Waals surface area contributed by atoms with Gasteiger partial charge in [-0.15, -0.1) is 0 Å². The van der Waals surface area contributed by atoms with Crippen LogP contribution in [0.2, 0.25) is 0 Å². The molecule has 4 aliphatic rings. The molecule has 0 radical (unpaired) electrons. The number of carbonyl (C=O) groups excluding carboxylic acids is 1. The van der Waals surface area contributed by atoms with Crippen molar-refractivity contribution in [2.45, 2.75) is 240 Å². The Kier molecular flexibility index (Phi) is 23.7. The van der Waals surface area contributed by atoms with Crippen molar-refractivity contribution < 1.29 is 61.9 Å². The summed E-state index contributed by atoms with van der Waals surface area (Å²) in [6.45, 7) is 18.7. The SMILES string of the molecule is CC[C@H]1OC(=O)[C@H](C)[C@@H](OC2C[C@@](C)(OC)C[C@H](C)O2)[C@H](C)[C@@H](O[C@H]2C[C@@H](N(C)CCC(C=N[C@H](CF)[C@H](OC)c3ccc(S(=O)C4CCCC4)cc3)=NN)C[C@@H](C)O2)[C@](C)(O)C[C@@H](C)CN(C)[C@H](C)[C@@H](O)[C@]1(C)O. The number of aliphatic hydroxyl groups excluding tert-OH is 1. The Labute approximate surface area is 450 Å². The number of esters is 1. The Morgan fingerprint density at radius 1 is 0.987 bits per heavy atom. The van der Waals surface area contributed by atoms with Crippen LogP contribution in [0.25, 0.3) is 0 Å². The number of alkyl halides is 1. The van der Waals surface area contributed by atoms with E-state index in [9.17, 15) is 28.7 Å². The second-order valence-corrected chi connectivity index (χ2v) is 25.1. The number of halogens is 1. The Hall–Kier alpha value is -2.53. The minimum atomic E-state index is -1.80. The average molecular weight is 1080 g/mol. The molecule has 1 saturated carbocycles. The molecule has 1 aromatic carbocycles. The molecule has 19 heteroatoms. The number of benzene rings is 1. The summed E-state index contributed by atoms with van der Waals surface area (Å²) >= 11 is 0. The third kappa shape index (κ3) is 16.5. The van der Waals surface area contributed by atoms with Crippen LogP contribution in [0.4, 0.5) is 4.39 Å². The molecule has 4 fully saturated rings. The van der Waals surface area contributed by atoms with Gasteiger partial charge in [-0.25, -0.2) is 4.39 Å². The quantitative estimate of drug-likeness (QED) is 0.0510. The highest BCUT2D eigenvalue weighted by molar-refractivity contribution is 7.85. The average Bonchev–Trinajstić information content (AvgIpc) is 3.92. The van der Waals surface area contributed by atoms with E-state index in [2.05, 4.69) is 15.0 Å². The predicted molar refractivity (Wildman–Crippen MR) is 290 cm³/mol. The number of nitrogens with two attached hydrogens (primary N) is 1. The maximum atomic E-state index is 14.7. The lowest BCUT2D eigenvalue weighted by atomic mass is 9.77. The van der Waals surface area contributed by atoms with E-state index in [1.807, 2.05) is 84.8 Å². The van der Waals surface area contributed by atoms with E-state index >= 15 is 0 Å². The summed E-state index contributed by atoms with van der Waals surface area (Å²) in [5.74, 6) is 3.51. The van der Waals surface area contributed by atoms with E-state index in [0.29, 0.717) is 50.9 Å². The topological polar surface area (TPSA) is 217 Å². The molecule has 75 heavy (non-hydrogen) atoms. The number of hydrogen-bond donors (Lipinski definition) is 4. The largest absolute Gasteiger partial charge is 0.459 e. The summed E-state index contributed by atoms with van der Waals surface area (Å²) in [5, 5.41) is 40.6. The van der Waals surface area contributed by atoms with Crippen molar-refractivity contribution in [3.63, 3.8) is 0 Å². The second kappa shape index (κ2) is 28.1. The molecule has 17 nitrogen and oxygen atoms in total. The van der Waals surface area contributed by atoms with Crippen molar-refractivity contribution in [3.05, 3.63) is 29.8 Å². The third-order valence-electron chi connectivity index (χ3n) is 16.9. The van der Waals surface area contributed by atoms with Gasteiger partial charge in [-0.1, -0.05) is 45.7 Å².